The van der Waals surface area contributed by atoms with Crippen molar-refractivity contribution in [2.45, 2.75) is 20.8 Å². The Labute approximate surface area is 185 Å². The molecule has 2 aromatic rings. The number of thiocarbonyl (C=S) groups is 1. The van der Waals surface area contributed by atoms with Gasteiger partial charge in [-0.3, -0.25) is 9.69 Å². The second kappa shape index (κ2) is 9.65. The van der Waals surface area contributed by atoms with Gasteiger partial charge >= 0.3 is 0 Å². The summed E-state index contributed by atoms with van der Waals surface area (Å²) in [7, 11) is 0. The Morgan fingerprint density at radius 1 is 1.14 bits per heavy atom. The molecule has 1 aliphatic rings. The molecule has 0 N–H and O–H groups in total. The first kappa shape index (κ1) is 21.7. The SMILES string of the molecule is CCOc1cc(/C=C2/SC(=S)N(c3ccc(Cl)cc3)C2=O)ccc1OCC(C)C. The molecule has 1 fully saturated rings. The Balaban J connectivity index is 1.85. The Kier molecular flexibility index (Phi) is 7.22. The summed E-state index contributed by atoms with van der Waals surface area (Å²) in [6, 6.07) is 12.7. The molecule has 1 saturated heterocycles. The second-order valence-electron chi connectivity index (χ2n) is 6.84. The second-order valence-corrected chi connectivity index (χ2v) is 8.95. The molecule has 3 rings (SSSR count). The van der Waals surface area contributed by atoms with Crippen molar-refractivity contribution in [2.75, 3.05) is 18.1 Å². The standard InChI is InChI=1S/C22H22ClNO3S2/c1-4-26-19-11-15(5-10-18(19)27-13-14(2)3)12-20-21(25)24(22(28)29-20)17-8-6-16(23)7-9-17/h5-12,14H,4,13H2,1-3H3/b20-12+. The number of benzene rings is 2. The topological polar surface area (TPSA) is 38.8 Å². The van der Waals surface area contributed by atoms with Gasteiger partial charge in [-0.15, -0.1) is 0 Å². The fourth-order valence-electron chi connectivity index (χ4n) is 2.69. The van der Waals surface area contributed by atoms with Crippen molar-refractivity contribution in [3.63, 3.8) is 0 Å². The first-order chi connectivity index (χ1) is 13.9. The number of amides is 1. The molecule has 0 spiro atoms. The zero-order chi connectivity index (χ0) is 21.0. The zero-order valence-corrected chi connectivity index (χ0v) is 18.9. The van der Waals surface area contributed by atoms with E-state index < -0.39 is 0 Å². The van der Waals surface area contributed by atoms with E-state index in [1.165, 1.54) is 16.7 Å². The highest BCUT2D eigenvalue weighted by Crippen LogP contribution is 2.37. The predicted octanol–water partition coefficient (Wildman–Crippen LogP) is 6.18. The molecular weight excluding hydrogens is 426 g/mol. The molecule has 152 valence electrons. The fourth-order valence-corrected chi connectivity index (χ4v) is 4.12. The van der Waals surface area contributed by atoms with E-state index in [4.69, 9.17) is 33.3 Å². The van der Waals surface area contributed by atoms with Gasteiger partial charge in [0.1, 0.15) is 0 Å². The van der Waals surface area contributed by atoms with Crippen LogP contribution in [0.25, 0.3) is 6.08 Å². The van der Waals surface area contributed by atoms with Gasteiger partial charge in [0.2, 0.25) is 0 Å². The lowest BCUT2D eigenvalue weighted by molar-refractivity contribution is -0.113. The number of nitrogens with zero attached hydrogens (tertiary/aromatic N) is 1. The van der Waals surface area contributed by atoms with E-state index in [0.29, 0.717) is 50.6 Å². The molecule has 1 heterocycles. The molecule has 1 aliphatic heterocycles. The van der Waals surface area contributed by atoms with Crippen molar-refractivity contribution in [1.82, 2.24) is 0 Å². The number of carbonyl (C=O) groups excluding carboxylic acids is 1. The van der Waals surface area contributed by atoms with E-state index in [-0.39, 0.29) is 5.91 Å². The van der Waals surface area contributed by atoms with E-state index in [9.17, 15) is 4.79 Å². The van der Waals surface area contributed by atoms with Gasteiger partial charge in [-0.2, -0.15) is 0 Å². The third-order valence-corrected chi connectivity index (χ3v) is 5.57. The van der Waals surface area contributed by atoms with Crippen molar-refractivity contribution >= 4 is 57.6 Å². The Morgan fingerprint density at radius 2 is 1.86 bits per heavy atom. The first-order valence-corrected chi connectivity index (χ1v) is 10.9. The highest BCUT2D eigenvalue weighted by atomic mass is 35.5. The van der Waals surface area contributed by atoms with Gasteiger partial charge in [0, 0.05) is 5.02 Å². The Morgan fingerprint density at radius 3 is 2.52 bits per heavy atom. The normalized spacial score (nSPS) is 15.5. The molecule has 2 aromatic carbocycles. The van der Waals surface area contributed by atoms with E-state index in [1.807, 2.05) is 31.2 Å². The third kappa shape index (κ3) is 5.32. The highest BCUT2D eigenvalue weighted by molar-refractivity contribution is 8.27. The quantitative estimate of drug-likeness (QED) is 0.374. The molecule has 0 saturated carbocycles. The number of halogens is 1. The molecule has 7 heteroatoms. The smallest absolute Gasteiger partial charge is 0.270 e. The van der Waals surface area contributed by atoms with Crippen LogP contribution >= 0.6 is 35.6 Å². The largest absolute Gasteiger partial charge is 0.490 e. The van der Waals surface area contributed by atoms with Crippen LogP contribution in [0.3, 0.4) is 0 Å². The summed E-state index contributed by atoms with van der Waals surface area (Å²) in [5, 5.41) is 0.609. The fraction of sp³-hybridized carbons (Fsp3) is 0.273. The predicted molar refractivity (Wildman–Crippen MR) is 125 cm³/mol. The monoisotopic (exact) mass is 447 g/mol. The van der Waals surface area contributed by atoms with E-state index in [0.717, 1.165) is 5.56 Å². The molecule has 0 atom stereocenters. The summed E-state index contributed by atoms with van der Waals surface area (Å²) < 4.78 is 12.1. The highest BCUT2D eigenvalue weighted by Gasteiger charge is 2.33. The van der Waals surface area contributed by atoms with Gasteiger partial charge in [0.15, 0.2) is 15.8 Å². The molecule has 0 aromatic heterocycles. The van der Waals surface area contributed by atoms with Crippen LogP contribution in [0, 0.1) is 5.92 Å². The van der Waals surface area contributed by atoms with Crippen molar-refractivity contribution < 1.29 is 14.3 Å². The van der Waals surface area contributed by atoms with Crippen molar-refractivity contribution in [3.8, 4) is 11.5 Å². The van der Waals surface area contributed by atoms with Gasteiger partial charge in [0.25, 0.3) is 5.91 Å². The van der Waals surface area contributed by atoms with Crippen LogP contribution in [0.4, 0.5) is 5.69 Å². The van der Waals surface area contributed by atoms with Gasteiger partial charge in [-0.25, -0.2) is 0 Å². The average Bonchev–Trinajstić information content (AvgIpc) is 2.95. The van der Waals surface area contributed by atoms with E-state index >= 15 is 0 Å². The molecule has 4 nitrogen and oxygen atoms in total. The Hall–Kier alpha value is -2.02. The number of ether oxygens (including phenoxy) is 2. The molecule has 0 bridgehead atoms. The minimum absolute atomic E-state index is 0.152. The maximum Gasteiger partial charge on any atom is 0.270 e. The Bertz CT molecular complexity index is 942. The lowest BCUT2D eigenvalue weighted by atomic mass is 10.1. The molecule has 0 unspecified atom stereocenters. The zero-order valence-electron chi connectivity index (χ0n) is 16.5. The summed E-state index contributed by atoms with van der Waals surface area (Å²) in [4.78, 5) is 15.0. The third-order valence-electron chi connectivity index (χ3n) is 4.02. The van der Waals surface area contributed by atoms with Gasteiger partial charge in [-0.05, 0) is 60.9 Å². The summed E-state index contributed by atoms with van der Waals surface area (Å²) in [5.41, 5.74) is 1.55. The summed E-state index contributed by atoms with van der Waals surface area (Å²) in [5.74, 6) is 1.63. The molecular formula is C22H22ClNO3S2. The minimum atomic E-state index is -0.152. The van der Waals surface area contributed by atoms with Gasteiger partial charge < -0.3 is 9.47 Å². The number of carbonyl (C=O) groups is 1. The number of thioether (sulfide) groups is 1. The van der Waals surface area contributed by atoms with Gasteiger partial charge in [-0.1, -0.05) is 55.5 Å². The summed E-state index contributed by atoms with van der Waals surface area (Å²) in [6.07, 6.45) is 1.82. The molecule has 1 amide bonds. The van der Waals surface area contributed by atoms with Crippen molar-refractivity contribution in [2.24, 2.45) is 5.92 Å². The van der Waals surface area contributed by atoms with Crippen molar-refractivity contribution in [1.29, 1.82) is 0 Å². The lowest BCUT2D eigenvalue weighted by Gasteiger charge is -2.14. The lowest BCUT2D eigenvalue weighted by Crippen LogP contribution is -2.27. The van der Waals surface area contributed by atoms with Gasteiger partial charge in [0.05, 0.1) is 23.8 Å². The maximum atomic E-state index is 12.9. The first-order valence-electron chi connectivity index (χ1n) is 9.32. The number of hydrogen-bond acceptors (Lipinski definition) is 5. The number of anilines is 1. The van der Waals surface area contributed by atoms with Crippen LogP contribution < -0.4 is 14.4 Å². The molecule has 0 radical (unpaired) electrons. The van der Waals surface area contributed by atoms with Crippen LogP contribution in [0.5, 0.6) is 11.5 Å². The number of hydrogen-bond donors (Lipinski definition) is 0. The summed E-state index contributed by atoms with van der Waals surface area (Å²) in [6.45, 7) is 7.25. The van der Waals surface area contributed by atoms with Crippen LogP contribution in [-0.2, 0) is 4.79 Å². The molecule has 0 aliphatic carbocycles. The van der Waals surface area contributed by atoms with Crippen LogP contribution in [0.2, 0.25) is 5.02 Å². The summed E-state index contributed by atoms with van der Waals surface area (Å²) >= 11 is 12.6. The molecule has 29 heavy (non-hydrogen) atoms. The minimum Gasteiger partial charge on any atom is -0.490 e. The van der Waals surface area contributed by atoms with Crippen LogP contribution in [-0.4, -0.2) is 23.4 Å². The maximum absolute atomic E-state index is 12.9. The van der Waals surface area contributed by atoms with E-state index in [2.05, 4.69) is 13.8 Å². The number of rotatable bonds is 7. The van der Waals surface area contributed by atoms with Crippen LogP contribution in [0.1, 0.15) is 26.3 Å². The van der Waals surface area contributed by atoms with Crippen molar-refractivity contribution in [3.05, 3.63) is 58.0 Å². The van der Waals surface area contributed by atoms with E-state index in [1.54, 1.807) is 24.3 Å². The average molecular weight is 448 g/mol. The van der Waals surface area contributed by atoms with Crippen LogP contribution in [0.15, 0.2) is 47.4 Å².